The van der Waals surface area contributed by atoms with Crippen LogP contribution in [0.5, 0.6) is 0 Å². The number of hydrogen-bond acceptors (Lipinski definition) is 5. The largest absolute Gasteiger partial charge is 0.292 e. The molecule has 0 aliphatic rings. The Morgan fingerprint density at radius 2 is 1.73 bits per heavy atom. The molecule has 0 aliphatic heterocycles. The van der Waals surface area contributed by atoms with Gasteiger partial charge in [-0.25, -0.2) is 8.42 Å². The molecule has 160 valence electrons. The second kappa shape index (κ2) is 8.05. The fraction of sp³-hybridized carbons (Fsp3) is 0.316. The molecule has 0 saturated carbocycles. The highest BCUT2D eigenvalue weighted by Crippen LogP contribution is 2.29. The van der Waals surface area contributed by atoms with Crippen molar-refractivity contribution < 1.29 is 13.2 Å². The van der Waals surface area contributed by atoms with Gasteiger partial charge in [0.1, 0.15) is 5.69 Å². The zero-order valence-corrected chi connectivity index (χ0v) is 19.5. The molecule has 3 aromatic rings. The highest BCUT2D eigenvalue weighted by atomic mass is 35.5. The average Bonchev–Trinajstić information content (AvgIpc) is 3.11. The monoisotopic (exact) mass is 469 g/mol. The van der Waals surface area contributed by atoms with Crippen LogP contribution in [0.15, 0.2) is 24.3 Å². The minimum absolute atomic E-state index is 0.0104. The molecule has 0 radical (unpaired) electrons. The first-order chi connectivity index (χ1) is 13.9. The normalized spacial score (nSPS) is 11.7. The molecule has 2 heterocycles. The number of carbonyl (C=O) groups excluding carboxylic acids is 1. The van der Waals surface area contributed by atoms with Crippen LogP contribution in [-0.4, -0.2) is 40.1 Å². The lowest BCUT2D eigenvalue weighted by atomic mass is 10.2. The Morgan fingerprint density at radius 3 is 2.23 bits per heavy atom. The minimum atomic E-state index is -3.93. The highest BCUT2D eigenvalue weighted by Gasteiger charge is 2.33. The van der Waals surface area contributed by atoms with Crippen LogP contribution in [0.25, 0.3) is 0 Å². The summed E-state index contributed by atoms with van der Waals surface area (Å²) in [5, 5.41) is 9.51. The van der Waals surface area contributed by atoms with Gasteiger partial charge >= 0.3 is 0 Å². The number of rotatable bonds is 5. The third-order valence-corrected chi connectivity index (χ3v) is 6.48. The fourth-order valence-electron chi connectivity index (χ4n) is 3.19. The zero-order valence-electron chi connectivity index (χ0n) is 17.1. The number of anilines is 1. The summed E-state index contributed by atoms with van der Waals surface area (Å²) in [6.45, 7) is 5.35. The molecule has 0 N–H and O–H groups in total. The van der Waals surface area contributed by atoms with Gasteiger partial charge in [0.2, 0.25) is 10.0 Å². The Hall–Kier alpha value is -2.36. The van der Waals surface area contributed by atoms with Gasteiger partial charge in [0, 0.05) is 28.4 Å². The topological polar surface area (TPSA) is 90.1 Å². The second-order valence-electron chi connectivity index (χ2n) is 7.00. The third kappa shape index (κ3) is 4.10. The number of carbonyl (C=O) groups is 1. The van der Waals surface area contributed by atoms with E-state index in [4.69, 9.17) is 23.2 Å². The van der Waals surface area contributed by atoms with Crippen molar-refractivity contribution in [3.05, 3.63) is 62.6 Å². The quantitative estimate of drug-likeness (QED) is 0.570. The third-order valence-electron chi connectivity index (χ3n) is 4.76. The molecule has 0 saturated heterocycles. The van der Waals surface area contributed by atoms with E-state index < -0.39 is 15.9 Å². The summed E-state index contributed by atoms with van der Waals surface area (Å²) < 4.78 is 28.9. The molecule has 1 aromatic carbocycles. The number of amides is 1. The molecule has 8 nitrogen and oxygen atoms in total. The van der Waals surface area contributed by atoms with E-state index in [0.29, 0.717) is 32.7 Å². The molecule has 0 spiro atoms. The molecule has 0 unspecified atom stereocenters. The van der Waals surface area contributed by atoms with E-state index in [1.807, 2.05) is 0 Å². The van der Waals surface area contributed by atoms with E-state index in [0.717, 1.165) is 10.6 Å². The van der Waals surface area contributed by atoms with Crippen molar-refractivity contribution in [2.24, 2.45) is 7.05 Å². The zero-order chi connectivity index (χ0) is 22.4. The van der Waals surface area contributed by atoms with Gasteiger partial charge in [-0.2, -0.15) is 14.5 Å². The number of aromatic nitrogens is 4. The van der Waals surface area contributed by atoms with E-state index in [2.05, 4.69) is 10.2 Å². The van der Waals surface area contributed by atoms with Crippen LogP contribution >= 0.6 is 23.2 Å². The summed E-state index contributed by atoms with van der Waals surface area (Å²) in [6.07, 6.45) is 0.976. The van der Waals surface area contributed by atoms with Crippen molar-refractivity contribution >= 4 is 44.8 Å². The molecule has 0 atom stereocenters. The van der Waals surface area contributed by atoms with Crippen molar-refractivity contribution in [2.75, 3.05) is 10.6 Å². The summed E-state index contributed by atoms with van der Waals surface area (Å²) in [5.41, 5.74) is 2.50. The number of aryl methyl sites for hydroxylation is 3. The molecular formula is C19H21Cl2N5O3S. The summed E-state index contributed by atoms with van der Waals surface area (Å²) in [6, 6.07) is 6.70. The van der Waals surface area contributed by atoms with E-state index in [1.165, 1.54) is 10.7 Å². The molecular weight excluding hydrogens is 449 g/mol. The fourth-order valence-corrected chi connectivity index (χ4v) is 4.69. The number of benzene rings is 1. The highest BCUT2D eigenvalue weighted by molar-refractivity contribution is 7.92. The van der Waals surface area contributed by atoms with E-state index in [1.54, 1.807) is 50.7 Å². The van der Waals surface area contributed by atoms with Crippen LogP contribution in [0.3, 0.4) is 0 Å². The van der Waals surface area contributed by atoms with Crippen molar-refractivity contribution in [3.8, 4) is 0 Å². The number of sulfonamides is 1. The first-order valence-electron chi connectivity index (χ1n) is 8.94. The number of nitrogens with zero attached hydrogens (tertiary/aromatic N) is 5. The smallest absolute Gasteiger partial charge is 0.270 e. The maximum atomic E-state index is 13.2. The lowest BCUT2D eigenvalue weighted by molar-refractivity contribution is 0.1000. The molecule has 11 heteroatoms. The molecule has 0 fully saturated rings. The molecule has 1 amide bonds. The SMILES string of the molecule is Cc1nn(C)c(C)c1N(C(=O)c1cc(C)n(Cc2c(Cl)cccc2Cl)n1)S(C)(=O)=O. The Kier molecular flexibility index (Phi) is 5.99. The first kappa shape index (κ1) is 22.3. The standard InChI is InChI=1S/C19H21Cl2N5O3S/c1-11-9-17(23-25(11)10-14-15(20)7-6-8-16(14)21)19(27)26(30(5,28)29)18-12(2)22-24(4)13(18)3/h6-9H,10H2,1-5H3. The molecule has 30 heavy (non-hydrogen) atoms. The van der Waals surface area contributed by atoms with Gasteiger partial charge < -0.3 is 0 Å². The van der Waals surface area contributed by atoms with Gasteiger partial charge in [0.15, 0.2) is 5.69 Å². The Morgan fingerprint density at radius 1 is 1.13 bits per heavy atom. The van der Waals surface area contributed by atoms with E-state index >= 15 is 0 Å². The second-order valence-corrected chi connectivity index (χ2v) is 9.65. The predicted octanol–water partition coefficient (Wildman–Crippen LogP) is 3.50. The van der Waals surface area contributed by atoms with Crippen molar-refractivity contribution in [1.82, 2.24) is 19.6 Å². The van der Waals surface area contributed by atoms with Crippen molar-refractivity contribution in [1.29, 1.82) is 0 Å². The van der Waals surface area contributed by atoms with Crippen LogP contribution in [0.1, 0.15) is 33.1 Å². The van der Waals surface area contributed by atoms with Crippen molar-refractivity contribution in [2.45, 2.75) is 27.3 Å². The summed E-state index contributed by atoms with van der Waals surface area (Å²) in [4.78, 5) is 13.2. The van der Waals surface area contributed by atoms with Crippen molar-refractivity contribution in [3.63, 3.8) is 0 Å². The Balaban J connectivity index is 2.04. The van der Waals surface area contributed by atoms with E-state index in [-0.39, 0.29) is 17.9 Å². The first-order valence-corrected chi connectivity index (χ1v) is 11.5. The molecule has 3 rings (SSSR count). The summed E-state index contributed by atoms with van der Waals surface area (Å²) >= 11 is 12.5. The Labute approximate surface area is 185 Å². The maximum Gasteiger partial charge on any atom is 0.292 e. The van der Waals surface area contributed by atoms with Crippen LogP contribution in [0, 0.1) is 20.8 Å². The predicted molar refractivity (Wildman–Crippen MR) is 117 cm³/mol. The molecule has 0 bridgehead atoms. The van der Waals surface area contributed by atoms with Crippen LogP contribution in [-0.2, 0) is 23.6 Å². The summed E-state index contributed by atoms with van der Waals surface area (Å²) in [7, 11) is -2.25. The molecule has 0 aliphatic carbocycles. The van der Waals surface area contributed by atoms with Gasteiger partial charge in [-0.05, 0) is 39.0 Å². The van der Waals surface area contributed by atoms with E-state index in [9.17, 15) is 13.2 Å². The van der Waals surface area contributed by atoms with Gasteiger partial charge in [0.05, 0.1) is 24.2 Å². The number of halogens is 2. The lowest BCUT2D eigenvalue weighted by Crippen LogP contribution is -2.37. The van der Waals surface area contributed by atoms with Gasteiger partial charge in [-0.3, -0.25) is 14.2 Å². The Bertz CT molecular complexity index is 1230. The minimum Gasteiger partial charge on any atom is -0.270 e. The van der Waals surface area contributed by atoms with Gasteiger partial charge in [0.25, 0.3) is 5.91 Å². The maximum absolute atomic E-state index is 13.2. The summed E-state index contributed by atoms with van der Waals surface area (Å²) in [5.74, 6) is -0.760. The van der Waals surface area contributed by atoms with Gasteiger partial charge in [-0.1, -0.05) is 29.3 Å². The van der Waals surface area contributed by atoms with Gasteiger partial charge in [-0.15, -0.1) is 0 Å². The number of hydrogen-bond donors (Lipinski definition) is 0. The average molecular weight is 470 g/mol. The van der Waals surface area contributed by atoms with Crippen LogP contribution in [0.2, 0.25) is 10.0 Å². The molecule has 2 aromatic heterocycles. The lowest BCUT2D eigenvalue weighted by Gasteiger charge is -2.19. The van der Waals surface area contributed by atoms with Crippen LogP contribution in [0.4, 0.5) is 5.69 Å². The van der Waals surface area contributed by atoms with Crippen LogP contribution < -0.4 is 4.31 Å².